The highest BCUT2D eigenvalue weighted by Gasteiger charge is 2.21. The van der Waals surface area contributed by atoms with Gasteiger partial charge in [0, 0.05) is 35.8 Å². The minimum Gasteiger partial charge on any atom is -0.346 e. The molecule has 0 saturated heterocycles. The first kappa shape index (κ1) is 16.8. The van der Waals surface area contributed by atoms with E-state index in [0.29, 0.717) is 0 Å². The lowest BCUT2D eigenvalue weighted by molar-refractivity contribution is 0.605. The number of aryl methyl sites for hydroxylation is 2. The summed E-state index contributed by atoms with van der Waals surface area (Å²) in [4.78, 5) is 7.89. The van der Waals surface area contributed by atoms with Crippen LogP contribution < -0.4 is 0 Å². The minimum atomic E-state index is 0.130. The third-order valence-electron chi connectivity index (χ3n) is 5.85. The largest absolute Gasteiger partial charge is 0.346 e. The number of nitrogens with one attached hydrogen (secondary N) is 1. The molecule has 1 aromatic carbocycles. The van der Waals surface area contributed by atoms with Crippen molar-refractivity contribution in [1.29, 1.82) is 5.26 Å². The van der Waals surface area contributed by atoms with Crippen LogP contribution in [0.5, 0.6) is 0 Å². The van der Waals surface area contributed by atoms with Crippen LogP contribution in [-0.2, 0) is 7.05 Å². The Morgan fingerprint density at radius 2 is 2.14 bits per heavy atom. The lowest BCUT2D eigenvalue weighted by Crippen LogP contribution is -2.04. The molecule has 5 heteroatoms. The van der Waals surface area contributed by atoms with Crippen molar-refractivity contribution >= 4 is 27.5 Å². The van der Waals surface area contributed by atoms with E-state index in [-0.39, 0.29) is 5.92 Å². The molecule has 5 rings (SSSR count). The van der Waals surface area contributed by atoms with Gasteiger partial charge in [-0.15, -0.1) is 0 Å². The Morgan fingerprint density at radius 3 is 2.93 bits per heavy atom. The summed E-state index contributed by atoms with van der Waals surface area (Å²) in [5.41, 5.74) is 7.91. The number of aromatic amines is 1. The van der Waals surface area contributed by atoms with Gasteiger partial charge in [0.1, 0.15) is 5.65 Å². The Kier molecular flexibility index (Phi) is 3.80. The van der Waals surface area contributed by atoms with Crippen molar-refractivity contribution in [3.8, 4) is 17.2 Å². The Labute approximate surface area is 163 Å². The highest BCUT2D eigenvalue weighted by molar-refractivity contribution is 5.99. The molecule has 28 heavy (non-hydrogen) atoms. The number of rotatable bonds is 2. The molecule has 3 heterocycles. The second-order valence-electron chi connectivity index (χ2n) is 7.56. The van der Waals surface area contributed by atoms with Crippen LogP contribution in [0.25, 0.3) is 38.6 Å². The van der Waals surface area contributed by atoms with Crippen molar-refractivity contribution in [2.24, 2.45) is 13.0 Å². The number of pyridine rings is 1. The number of hydrogen-bond donors (Lipinski definition) is 1. The predicted molar refractivity (Wildman–Crippen MR) is 111 cm³/mol. The van der Waals surface area contributed by atoms with E-state index in [0.717, 1.165) is 52.6 Å². The second kappa shape index (κ2) is 6.35. The molecule has 1 aliphatic rings. The van der Waals surface area contributed by atoms with E-state index in [1.165, 1.54) is 16.5 Å². The maximum atomic E-state index is 9.25. The molecule has 0 radical (unpaired) electrons. The fourth-order valence-corrected chi connectivity index (χ4v) is 4.36. The van der Waals surface area contributed by atoms with Gasteiger partial charge in [0.05, 0.1) is 23.2 Å². The van der Waals surface area contributed by atoms with Crippen LogP contribution in [0.3, 0.4) is 0 Å². The zero-order valence-electron chi connectivity index (χ0n) is 16.0. The Morgan fingerprint density at radius 1 is 1.25 bits per heavy atom. The van der Waals surface area contributed by atoms with Gasteiger partial charge in [0.2, 0.25) is 0 Å². The van der Waals surface area contributed by atoms with Gasteiger partial charge in [-0.2, -0.15) is 10.4 Å². The highest BCUT2D eigenvalue weighted by atomic mass is 15.3. The van der Waals surface area contributed by atoms with Gasteiger partial charge in [0.15, 0.2) is 0 Å². The van der Waals surface area contributed by atoms with Gasteiger partial charge in [-0.1, -0.05) is 12.1 Å². The molecule has 1 aliphatic carbocycles. The molecule has 1 N–H and O–H groups in total. The van der Waals surface area contributed by atoms with Crippen LogP contribution >= 0.6 is 0 Å². The van der Waals surface area contributed by atoms with E-state index >= 15 is 0 Å². The average Bonchev–Trinajstić information content (AvgIpc) is 3.31. The molecule has 3 aromatic heterocycles. The van der Waals surface area contributed by atoms with Crippen molar-refractivity contribution in [3.05, 3.63) is 54.0 Å². The molecular weight excluding hydrogens is 346 g/mol. The SMILES string of the molecule is Cc1nn(C)c2ccc(-c3cnc4[nH]ccc4c3C3=CCC(C#N)CC3)cc12. The molecule has 0 fully saturated rings. The topological polar surface area (TPSA) is 70.3 Å². The molecule has 0 saturated carbocycles. The normalized spacial score (nSPS) is 17.0. The standard InChI is InChI=1S/C23H21N5/c1-14-19-11-17(7-8-21(19)28(2)27-14)20-13-26-23-18(9-10-25-23)22(20)16-5-3-15(12-24)4-6-16/h5,7-11,13,15H,3-4,6H2,1-2H3,(H,25,26). The molecule has 0 bridgehead atoms. The zero-order valence-corrected chi connectivity index (χ0v) is 16.0. The van der Waals surface area contributed by atoms with E-state index in [1.54, 1.807) is 0 Å². The van der Waals surface area contributed by atoms with Crippen LogP contribution in [0.4, 0.5) is 0 Å². The summed E-state index contributed by atoms with van der Waals surface area (Å²) in [6, 6.07) is 11.0. The number of H-pyrrole nitrogens is 1. The molecule has 5 nitrogen and oxygen atoms in total. The van der Waals surface area contributed by atoms with Crippen molar-refractivity contribution in [3.63, 3.8) is 0 Å². The second-order valence-corrected chi connectivity index (χ2v) is 7.56. The van der Waals surface area contributed by atoms with E-state index in [9.17, 15) is 5.26 Å². The minimum absolute atomic E-state index is 0.130. The number of hydrogen-bond acceptors (Lipinski definition) is 3. The van der Waals surface area contributed by atoms with Gasteiger partial charge in [-0.3, -0.25) is 4.68 Å². The van der Waals surface area contributed by atoms with E-state index < -0.39 is 0 Å². The summed E-state index contributed by atoms with van der Waals surface area (Å²) in [6.45, 7) is 2.05. The third-order valence-corrected chi connectivity index (χ3v) is 5.85. The zero-order chi connectivity index (χ0) is 19.3. The number of fused-ring (bicyclic) bond motifs is 2. The Hall–Kier alpha value is -3.39. The van der Waals surface area contributed by atoms with Crippen LogP contribution in [-0.4, -0.2) is 19.7 Å². The molecular formula is C23H21N5. The number of nitriles is 1. The number of benzene rings is 1. The molecule has 0 aliphatic heterocycles. The van der Waals surface area contributed by atoms with Crippen molar-refractivity contribution < 1.29 is 0 Å². The van der Waals surface area contributed by atoms with Crippen molar-refractivity contribution in [2.45, 2.75) is 26.2 Å². The summed E-state index contributed by atoms with van der Waals surface area (Å²) in [6.07, 6.45) is 8.82. The molecule has 1 atom stereocenters. The molecule has 138 valence electrons. The Bertz CT molecular complexity index is 1280. The molecule has 0 spiro atoms. The monoisotopic (exact) mass is 367 g/mol. The quantitative estimate of drug-likeness (QED) is 0.534. The van der Waals surface area contributed by atoms with E-state index in [1.807, 2.05) is 31.0 Å². The number of aromatic nitrogens is 4. The Balaban J connectivity index is 1.73. The van der Waals surface area contributed by atoms with Gasteiger partial charge in [-0.25, -0.2) is 4.98 Å². The summed E-state index contributed by atoms with van der Waals surface area (Å²) in [5, 5.41) is 16.1. The van der Waals surface area contributed by atoms with Crippen LogP contribution in [0, 0.1) is 24.2 Å². The van der Waals surface area contributed by atoms with E-state index in [2.05, 4.69) is 51.5 Å². The van der Waals surface area contributed by atoms with Crippen molar-refractivity contribution in [2.75, 3.05) is 0 Å². The smallest absolute Gasteiger partial charge is 0.137 e. The maximum absolute atomic E-state index is 9.25. The molecule has 0 amide bonds. The fourth-order valence-electron chi connectivity index (χ4n) is 4.36. The maximum Gasteiger partial charge on any atom is 0.137 e. The van der Waals surface area contributed by atoms with Gasteiger partial charge in [0.25, 0.3) is 0 Å². The van der Waals surface area contributed by atoms with Crippen LogP contribution in [0.15, 0.2) is 42.7 Å². The fraction of sp³-hybridized carbons (Fsp3) is 0.261. The average molecular weight is 367 g/mol. The molecule has 1 unspecified atom stereocenters. The summed E-state index contributed by atoms with van der Waals surface area (Å²) in [7, 11) is 1.98. The first-order chi connectivity index (χ1) is 13.7. The number of allylic oxidation sites excluding steroid dienone is 2. The van der Waals surface area contributed by atoms with Gasteiger partial charge in [-0.05, 0) is 61.1 Å². The van der Waals surface area contributed by atoms with Crippen molar-refractivity contribution in [1.82, 2.24) is 19.7 Å². The summed E-state index contributed by atoms with van der Waals surface area (Å²) >= 11 is 0. The van der Waals surface area contributed by atoms with Gasteiger partial charge < -0.3 is 4.98 Å². The van der Waals surface area contributed by atoms with E-state index in [4.69, 9.17) is 0 Å². The lowest BCUT2D eigenvalue weighted by atomic mass is 9.84. The summed E-state index contributed by atoms with van der Waals surface area (Å²) in [5.74, 6) is 0.130. The highest BCUT2D eigenvalue weighted by Crippen LogP contribution is 2.39. The first-order valence-electron chi connectivity index (χ1n) is 9.64. The van der Waals surface area contributed by atoms with Crippen LogP contribution in [0.2, 0.25) is 0 Å². The number of nitrogens with zero attached hydrogens (tertiary/aromatic N) is 4. The van der Waals surface area contributed by atoms with Crippen LogP contribution in [0.1, 0.15) is 30.5 Å². The first-order valence-corrected chi connectivity index (χ1v) is 9.64. The van der Waals surface area contributed by atoms with Gasteiger partial charge >= 0.3 is 0 Å². The molecule has 4 aromatic rings. The third kappa shape index (κ3) is 2.53. The lowest BCUT2D eigenvalue weighted by Gasteiger charge is -2.20. The summed E-state index contributed by atoms with van der Waals surface area (Å²) < 4.78 is 1.93. The predicted octanol–water partition coefficient (Wildman–Crippen LogP) is 5.13.